The Morgan fingerprint density at radius 3 is 2.66 bits per heavy atom. The SMILES string of the molecule is O=C(Nc1cc(=O)[nH]c2ncnn12)c1cc(-c2ccccc2)nc2ccccc12. The van der Waals surface area contributed by atoms with Crippen LogP contribution in [0, 0.1) is 0 Å². The number of pyridine rings is 1. The van der Waals surface area contributed by atoms with E-state index in [1.807, 2.05) is 54.6 Å². The normalized spacial score (nSPS) is 11.0. The van der Waals surface area contributed by atoms with E-state index in [-0.39, 0.29) is 23.1 Å². The van der Waals surface area contributed by atoms with Gasteiger partial charge in [-0.25, -0.2) is 4.98 Å². The lowest BCUT2D eigenvalue weighted by atomic mass is 10.0. The van der Waals surface area contributed by atoms with Crippen LogP contribution in [0.2, 0.25) is 0 Å². The van der Waals surface area contributed by atoms with Gasteiger partial charge < -0.3 is 5.32 Å². The summed E-state index contributed by atoms with van der Waals surface area (Å²) < 4.78 is 1.36. The first-order valence-corrected chi connectivity index (χ1v) is 8.89. The highest BCUT2D eigenvalue weighted by Crippen LogP contribution is 2.25. The van der Waals surface area contributed by atoms with E-state index < -0.39 is 0 Å². The largest absolute Gasteiger partial charge is 0.306 e. The van der Waals surface area contributed by atoms with Gasteiger partial charge in [0.2, 0.25) is 5.78 Å². The van der Waals surface area contributed by atoms with Gasteiger partial charge in [-0.1, -0.05) is 48.5 Å². The first kappa shape index (κ1) is 16.8. The van der Waals surface area contributed by atoms with E-state index in [2.05, 4.69) is 25.4 Å². The van der Waals surface area contributed by atoms with Crippen LogP contribution in [0.3, 0.4) is 0 Å². The number of nitrogens with one attached hydrogen (secondary N) is 2. The number of H-pyrrole nitrogens is 1. The molecule has 8 heteroatoms. The Labute approximate surface area is 163 Å². The van der Waals surface area contributed by atoms with Crippen LogP contribution < -0.4 is 10.9 Å². The van der Waals surface area contributed by atoms with Gasteiger partial charge in [-0.05, 0) is 12.1 Å². The van der Waals surface area contributed by atoms with Crippen molar-refractivity contribution in [3.05, 3.63) is 89.0 Å². The molecule has 140 valence electrons. The number of para-hydroxylation sites is 1. The molecule has 0 atom stereocenters. The lowest BCUT2D eigenvalue weighted by molar-refractivity contribution is 0.102. The van der Waals surface area contributed by atoms with Crippen LogP contribution in [0.5, 0.6) is 0 Å². The molecule has 5 aromatic rings. The summed E-state index contributed by atoms with van der Waals surface area (Å²) in [6.45, 7) is 0. The number of anilines is 1. The molecule has 3 heterocycles. The van der Waals surface area contributed by atoms with E-state index in [1.165, 1.54) is 16.9 Å². The zero-order valence-corrected chi connectivity index (χ0v) is 15.0. The van der Waals surface area contributed by atoms with E-state index in [9.17, 15) is 9.59 Å². The molecule has 29 heavy (non-hydrogen) atoms. The molecule has 0 bridgehead atoms. The maximum atomic E-state index is 13.2. The van der Waals surface area contributed by atoms with Crippen LogP contribution in [0.15, 0.2) is 77.9 Å². The fourth-order valence-corrected chi connectivity index (χ4v) is 3.23. The maximum Gasteiger partial charge on any atom is 0.257 e. The van der Waals surface area contributed by atoms with Gasteiger partial charge >= 0.3 is 0 Å². The Bertz CT molecular complexity index is 1420. The predicted molar refractivity (Wildman–Crippen MR) is 109 cm³/mol. The smallest absolute Gasteiger partial charge is 0.257 e. The Morgan fingerprint density at radius 2 is 1.79 bits per heavy atom. The van der Waals surface area contributed by atoms with Crippen molar-refractivity contribution in [2.45, 2.75) is 0 Å². The summed E-state index contributed by atoms with van der Waals surface area (Å²) in [6.07, 6.45) is 1.30. The third kappa shape index (κ3) is 3.02. The molecule has 0 aliphatic heterocycles. The van der Waals surface area contributed by atoms with E-state index in [0.717, 1.165) is 5.56 Å². The van der Waals surface area contributed by atoms with Crippen LogP contribution in [0.4, 0.5) is 5.82 Å². The minimum atomic E-state index is -0.384. The second-order valence-corrected chi connectivity index (χ2v) is 6.41. The monoisotopic (exact) mass is 382 g/mol. The third-order valence-electron chi connectivity index (χ3n) is 4.55. The van der Waals surface area contributed by atoms with Crippen molar-refractivity contribution in [3.63, 3.8) is 0 Å². The van der Waals surface area contributed by atoms with E-state index in [4.69, 9.17) is 0 Å². The molecule has 0 radical (unpaired) electrons. The fourth-order valence-electron chi connectivity index (χ4n) is 3.23. The number of hydrogen-bond acceptors (Lipinski definition) is 5. The van der Waals surface area contributed by atoms with Crippen LogP contribution in [0.25, 0.3) is 27.9 Å². The minimum Gasteiger partial charge on any atom is -0.306 e. The number of aromatic nitrogens is 5. The number of nitrogens with zero attached hydrogens (tertiary/aromatic N) is 4. The molecule has 0 unspecified atom stereocenters. The second kappa shape index (κ2) is 6.68. The van der Waals surface area contributed by atoms with Crippen LogP contribution in [0.1, 0.15) is 10.4 Å². The van der Waals surface area contributed by atoms with Crippen molar-refractivity contribution in [1.29, 1.82) is 0 Å². The third-order valence-corrected chi connectivity index (χ3v) is 4.55. The van der Waals surface area contributed by atoms with Gasteiger partial charge in [0.25, 0.3) is 11.5 Å². The summed E-state index contributed by atoms with van der Waals surface area (Å²) in [5.41, 5.74) is 2.36. The topological polar surface area (TPSA) is 105 Å². The first-order chi connectivity index (χ1) is 14.2. The highest BCUT2D eigenvalue weighted by atomic mass is 16.2. The molecule has 0 saturated carbocycles. The number of carbonyl (C=O) groups is 1. The molecular weight excluding hydrogens is 368 g/mol. The molecular formula is C21H14N6O2. The summed E-state index contributed by atoms with van der Waals surface area (Å²) in [5.74, 6) is 0.106. The van der Waals surface area contributed by atoms with Crippen LogP contribution in [-0.4, -0.2) is 30.5 Å². The van der Waals surface area contributed by atoms with Gasteiger partial charge in [0.15, 0.2) is 0 Å². The number of benzene rings is 2. The molecule has 0 fully saturated rings. The van der Waals surface area contributed by atoms with Gasteiger partial charge in [-0.2, -0.15) is 14.6 Å². The molecule has 0 saturated heterocycles. The summed E-state index contributed by atoms with van der Waals surface area (Å²) in [7, 11) is 0. The molecule has 0 aliphatic carbocycles. The number of rotatable bonds is 3. The summed E-state index contributed by atoms with van der Waals surface area (Å²) >= 11 is 0. The number of amides is 1. The van der Waals surface area contributed by atoms with Gasteiger partial charge in [-0.3, -0.25) is 14.6 Å². The van der Waals surface area contributed by atoms with E-state index >= 15 is 0 Å². The Hall–Kier alpha value is -4.33. The van der Waals surface area contributed by atoms with Crippen LogP contribution in [-0.2, 0) is 0 Å². The first-order valence-electron chi connectivity index (χ1n) is 8.89. The molecule has 3 aromatic heterocycles. The fraction of sp³-hybridized carbons (Fsp3) is 0. The van der Waals surface area contributed by atoms with E-state index in [1.54, 1.807) is 6.07 Å². The molecule has 2 N–H and O–H groups in total. The maximum absolute atomic E-state index is 13.2. The zero-order valence-electron chi connectivity index (χ0n) is 15.0. The van der Waals surface area contributed by atoms with Crippen molar-refractivity contribution >= 4 is 28.4 Å². The summed E-state index contributed by atoms with van der Waals surface area (Å²) in [4.78, 5) is 36.3. The van der Waals surface area contributed by atoms with Crippen molar-refractivity contribution < 1.29 is 4.79 Å². The highest BCUT2D eigenvalue weighted by Gasteiger charge is 2.16. The molecule has 0 aliphatic rings. The number of fused-ring (bicyclic) bond motifs is 2. The van der Waals surface area contributed by atoms with Crippen molar-refractivity contribution in [2.75, 3.05) is 5.32 Å². The van der Waals surface area contributed by atoms with Gasteiger partial charge in [0.1, 0.15) is 12.1 Å². The molecule has 5 rings (SSSR count). The zero-order chi connectivity index (χ0) is 19.8. The Kier molecular flexibility index (Phi) is 3.87. The minimum absolute atomic E-state index is 0.230. The summed E-state index contributed by atoms with van der Waals surface area (Å²) in [5, 5.41) is 7.53. The lowest BCUT2D eigenvalue weighted by Gasteiger charge is -2.11. The average Bonchev–Trinajstić information content (AvgIpc) is 3.22. The van der Waals surface area contributed by atoms with Crippen molar-refractivity contribution in [1.82, 2.24) is 24.6 Å². The molecule has 2 aromatic carbocycles. The molecule has 0 spiro atoms. The number of carbonyl (C=O) groups excluding carboxylic acids is 1. The van der Waals surface area contributed by atoms with E-state index in [0.29, 0.717) is 22.2 Å². The Morgan fingerprint density at radius 1 is 1.00 bits per heavy atom. The van der Waals surface area contributed by atoms with Gasteiger partial charge in [-0.15, -0.1) is 0 Å². The highest BCUT2D eigenvalue weighted by molar-refractivity contribution is 6.12. The number of aromatic amines is 1. The lowest BCUT2D eigenvalue weighted by Crippen LogP contribution is -2.19. The van der Waals surface area contributed by atoms with Gasteiger partial charge in [0, 0.05) is 17.0 Å². The predicted octanol–water partition coefficient (Wildman–Crippen LogP) is 2.89. The van der Waals surface area contributed by atoms with Crippen LogP contribution >= 0.6 is 0 Å². The second-order valence-electron chi connectivity index (χ2n) is 6.41. The van der Waals surface area contributed by atoms with Crippen molar-refractivity contribution in [3.8, 4) is 11.3 Å². The standard InChI is InChI=1S/C21H14N6O2/c28-19-11-18(27-21(26-19)22-12-23-27)25-20(29)15-10-17(13-6-2-1-3-7-13)24-16-9-5-4-8-14(15)16/h1-12H,(H,25,29)(H,22,23,26,28). The number of hydrogen-bond donors (Lipinski definition) is 2. The molecule has 1 amide bonds. The average molecular weight is 382 g/mol. The Balaban J connectivity index is 1.64. The quantitative estimate of drug-likeness (QED) is 0.499. The van der Waals surface area contributed by atoms with Crippen molar-refractivity contribution in [2.24, 2.45) is 0 Å². The van der Waals surface area contributed by atoms with Gasteiger partial charge in [0.05, 0.1) is 16.8 Å². The molecule has 8 nitrogen and oxygen atoms in total. The summed E-state index contributed by atoms with van der Waals surface area (Å²) in [6, 6.07) is 20.1.